The van der Waals surface area contributed by atoms with Crippen LogP contribution in [0.4, 0.5) is 0 Å². The van der Waals surface area contributed by atoms with Gasteiger partial charge in [0.05, 0.1) is 12.1 Å². The molecule has 2 unspecified atom stereocenters. The molecule has 6 heteroatoms. The molecule has 1 aliphatic carbocycles. The zero-order valence-corrected chi connectivity index (χ0v) is 16.8. The summed E-state index contributed by atoms with van der Waals surface area (Å²) in [7, 11) is 1.47. The summed E-state index contributed by atoms with van der Waals surface area (Å²) in [6.07, 6.45) is 2.53. The number of nitrogens with one attached hydrogen (secondary N) is 2. The second kappa shape index (κ2) is 7.62. The molecule has 0 spiro atoms. The third-order valence-corrected chi connectivity index (χ3v) is 5.79. The van der Waals surface area contributed by atoms with Gasteiger partial charge >= 0.3 is 0 Å². The molecule has 1 saturated carbocycles. The number of carbonyl (C=O) groups excluding carboxylic acids is 2. The van der Waals surface area contributed by atoms with Crippen LogP contribution >= 0.6 is 0 Å². The van der Waals surface area contributed by atoms with Gasteiger partial charge in [-0.1, -0.05) is 57.5 Å². The first-order chi connectivity index (χ1) is 13.3. The first-order valence-corrected chi connectivity index (χ1v) is 9.61. The molecule has 1 aliphatic rings. The van der Waals surface area contributed by atoms with Crippen LogP contribution in [-0.2, 0) is 6.54 Å². The Morgan fingerprint density at radius 2 is 1.82 bits per heavy atom. The number of nitrogens with zero attached hydrogens (tertiary/aromatic N) is 1. The maximum atomic E-state index is 12.9. The summed E-state index contributed by atoms with van der Waals surface area (Å²) in [5.41, 5.74) is 0.837. The van der Waals surface area contributed by atoms with Gasteiger partial charge in [0, 0.05) is 19.3 Å². The summed E-state index contributed by atoms with van der Waals surface area (Å²) >= 11 is 0. The third kappa shape index (κ3) is 3.72. The Balaban J connectivity index is 1.94. The van der Waals surface area contributed by atoms with Crippen LogP contribution in [-0.4, -0.2) is 29.5 Å². The van der Waals surface area contributed by atoms with Crippen LogP contribution in [0.25, 0.3) is 0 Å². The van der Waals surface area contributed by atoms with E-state index in [1.54, 1.807) is 0 Å². The molecule has 3 rings (SSSR count). The zero-order chi connectivity index (χ0) is 20.5. The second-order valence-electron chi connectivity index (χ2n) is 7.93. The van der Waals surface area contributed by atoms with Crippen molar-refractivity contribution in [1.82, 2.24) is 15.2 Å². The fraction of sp³-hybridized carbons (Fsp3) is 0.409. The van der Waals surface area contributed by atoms with Crippen molar-refractivity contribution in [3.63, 3.8) is 0 Å². The molecule has 1 aromatic heterocycles. The maximum absolute atomic E-state index is 12.9. The smallest absolute Gasteiger partial charge is 0.263 e. The number of amides is 2. The third-order valence-electron chi connectivity index (χ3n) is 5.79. The van der Waals surface area contributed by atoms with Gasteiger partial charge in [-0.25, -0.2) is 0 Å². The van der Waals surface area contributed by atoms with Gasteiger partial charge in [0.1, 0.15) is 5.56 Å². The van der Waals surface area contributed by atoms with Crippen LogP contribution in [0, 0.1) is 11.3 Å². The van der Waals surface area contributed by atoms with E-state index in [-0.39, 0.29) is 29.5 Å². The van der Waals surface area contributed by atoms with E-state index < -0.39 is 11.5 Å². The highest BCUT2D eigenvalue weighted by atomic mass is 16.2. The highest BCUT2D eigenvalue weighted by Gasteiger charge is 2.57. The number of aromatic nitrogens is 1. The van der Waals surface area contributed by atoms with E-state index in [9.17, 15) is 14.4 Å². The number of benzene rings is 1. The van der Waals surface area contributed by atoms with Gasteiger partial charge in [-0.2, -0.15) is 0 Å². The average Bonchev–Trinajstić information content (AvgIpc) is 3.22. The predicted molar refractivity (Wildman–Crippen MR) is 108 cm³/mol. The molecule has 0 aliphatic heterocycles. The molecule has 2 atom stereocenters. The van der Waals surface area contributed by atoms with Gasteiger partial charge in [-0.15, -0.1) is 0 Å². The molecule has 148 valence electrons. The van der Waals surface area contributed by atoms with Gasteiger partial charge in [0.2, 0.25) is 0 Å². The molecule has 2 amide bonds. The first kappa shape index (κ1) is 19.9. The largest absolute Gasteiger partial charge is 0.355 e. The van der Waals surface area contributed by atoms with E-state index in [0.29, 0.717) is 11.5 Å². The fourth-order valence-electron chi connectivity index (χ4n) is 3.97. The van der Waals surface area contributed by atoms with Crippen LogP contribution in [0.5, 0.6) is 0 Å². The Morgan fingerprint density at radius 3 is 2.39 bits per heavy atom. The van der Waals surface area contributed by atoms with E-state index >= 15 is 0 Å². The van der Waals surface area contributed by atoms with Crippen molar-refractivity contribution < 1.29 is 9.59 Å². The fourth-order valence-corrected chi connectivity index (χ4v) is 3.97. The highest BCUT2D eigenvalue weighted by Crippen LogP contribution is 2.53. The van der Waals surface area contributed by atoms with Gasteiger partial charge in [0.25, 0.3) is 17.4 Å². The van der Waals surface area contributed by atoms with Gasteiger partial charge < -0.3 is 15.2 Å². The molecule has 0 radical (unpaired) electrons. The molecular formula is C22H27N3O3. The van der Waals surface area contributed by atoms with Crippen LogP contribution in [0.1, 0.15) is 53.5 Å². The van der Waals surface area contributed by atoms with Crippen molar-refractivity contribution >= 4 is 11.8 Å². The lowest BCUT2D eigenvalue weighted by atomic mass is 10.1. The van der Waals surface area contributed by atoms with Crippen LogP contribution < -0.4 is 16.2 Å². The number of hydrogen-bond donors (Lipinski definition) is 2. The van der Waals surface area contributed by atoms with E-state index in [0.717, 1.165) is 12.0 Å². The highest BCUT2D eigenvalue weighted by molar-refractivity contribution is 5.99. The van der Waals surface area contributed by atoms with Crippen LogP contribution in [0.3, 0.4) is 0 Å². The number of rotatable bonds is 6. The molecule has 0 saturated heterocycles. The van der Waals surface area contributed by atoms with Crippen molar-refractivity contribution in [2.75, 3.05) is 7.05 Å². The minimum Gasteiger partial charge on any atom is -0.355 e. The summed E-state index contributed by atoms with van der Waals surface area (Å²) in [5.74, 6) is -0.328. The molecule has 0 bridgehead atoms. The Kier molecular flexibility index (Phi) is 5.40. The first-order valence-electron chi connectivity index (χ1n) is 9.61. The SMILES string of the molecule is CCC1C(NC(=O)c2cc(C(=O)NC)c(=O)n(Cc3ccccc3)c2)C1(C)C. The van der Waals surface area contributed by atoms with Crippen molar-refractivity contribution in [2.45, 2.75) is 39.8 Å². The summed E-state index contributed by atoms with van der Waals surface area (Å²) in [6.45, 7) is 6.68. The minimum absolute atomic E-state index is 0.0341. The quantitative estimate of drug-likeness (QED) is 0.806. The Morgan fingerprint density at radius 1 is 1.14 bits per heavy atom. The molecule has 2 aromatic rings. The number of hydrogen-bond acceptors (Lipinski definition) is 3. The summed E-state index contributed by atoms with van der Waals surface area (Å²) < 4.78 is 1.42. The van der Waals surface area contributed by atoms with Gasteiger partial charge in [-0.05, 0) is 23.0 Å². The van der Waals surface area contributed by atoms with Crippen molar-refractivity contribution in [3.8, 4) is 0 Å². The summed E-state index contributed by atoms with van der Waals surface area (Å²) in [6, 6.07) is 11.0. The second-order valence-corrected chi connectivity index (χ2v) is 7.93. The molecular weight excluding hydrogens is 354 g/mol. The number of carbonyl (C=O) groups is 2. The van der Waals surface area contributed by atoms with E-state index in [1.807, 2.05) is 30.3 Å². The van der Waals surface area contributed by atoms with E-state index in [2.05, 4.69) is 31.4 Å². The summed E-state index contributed by atoms with van der Waals surface area (Å²) in [5, 5.41) is 5.55. The predicted octanol–water partition coefficient (Wildman–Crippen LogP) is 2.42. The monoisotopic (exact) mass is 381 g/mol. The topological polar surface area (TPSA) is 80.2 Å². The van der Waals surface area contributed by atoms with Crippen molar-refractivity contribution in [2.24, 2.45) is 11.3 Å². The zero-order valence-electron chi connectivity index (χ0n) is 16.8. The van der Waals surface area contributed by atoms with E-state index in [4.69, 9.17) is 0 Å². The summed E-state index contributed by atoms with van der Waals surface area (Å²) in [4.78, 5) is 37.8. The van der Waals surface area contributed by atoms with Crippen molar-refractivity contribution in [3.05, 3.63) is 69.6 Å². The molecule has 1 aromatic carbocycles. The minimum atomic E-state index is -0.500. The molecule has 1 heterocycles. The van der Waals surface area contributed by atoms with Crippen LogP contribution in [0.2, 0.25) is 0 Å². The number of pyridine rings is 1. The average molecular weight is 381 g/mol. The lowest BCUT2D eigenvalue weighted by molar-refractivity contribution is 0.0944. The Labute approximate surface area is 165 Å². The Bertz CT molecular complexity index is 947. The molecule has 1 fully saturated rings. The molecule has 2 N–H and O–H groups in total. The van der Waals surface area contributed by atoms with E-state index in [1.165, 1.54) is 23.9 Å². The van der Waals surface area contributed by atoms with Gasteiger partial charge in [-0.3, -0.25) is 14.4 Å². The molecule has 28 heavy (non-hydrogen) atoms. The van der Waals surface area contributed by atoms with Gasteiger partial charge in [0.15, 0.2) is 0 Å². The molecule has 6 nitrogen and oxygen atoms in total. The maximum Gasteiger partial charge on any atom is 0.263 e. The Hall–Kier alpha value is -2.89. The normalized spacial score (nSPS) is 19.7. The lowest BCUT2D eigenvalue weighted by Crippen LogP contribution is -2.35. The lowest BCUT2D eigenvalue weighted by Gasteiger charge is -2.12. The van der Waals surface area contributed by atoms with Crippen molar-refractivity contribution in [1.29, 1.82) is 0 Å². The standard InChI is InChI=1S/C22H27N3O3/c1-5-17-18(22(17,2)3)24-19(26)15-11-16(20(27)23-4)21(28)25(13-15)12-14-9-7-6-8-10-14/h6-11,13,17-18H,5,12H2,1-4H3,(H,23,27)(H,24,26). The van der Waals surface area contributed by atoms with Crippen LogP contribution in [0.15, 0.2) is 47.4 Å².